The molecule has 0 bridgehead atoms. The van der Waals surface area contributed by atoms with E-state index in [-0.39, 0.29) is 18.7 Å². The number of carbonyl (C=O) groups is 1. The maximum Gasteiger partial charge on any atom is 0.246 e. The van der Waals surface area contributed by atoms with Crippen LogP contribution in [0.2, 0.25) is 0 Å². The number of hydrogen-bond donors (Lipinski definition) is 1. The molecular weight excluding hydrogens is 204 g/mol. The summed E-state index contributed by atoms with van der Waals surface area (Å²) >= 11 is 0. The van der Waals surface area contributed by atoms with Crippen LogP contribution in [0.25, 0.3) is 0 Å². The summed E-state index contributed by atoms with van der Waals surface area (Å²) in [5.41, 5.74) is -0.151. The van der Waals surface area contributed by atoms with Crippen molar-refractivity contribution >= 4 is 5.91 Å². The highest BCUT2D eigenvalue weighted by Gasteiger charge is 2.09. The summed E-state index contributed by atoms with van der Waals surface area (Å²) < 4.78 is 30.7. The summed E-state index contributed by atoms with van der Waals surface area (Å²) in [5.74, 6) is -1.76. The number of nitrogens with one attached hydrogen (secondary N) is 1. The SMILES string of the molecule is COCC(=O)NCc1c(F)cccc1F. The monoisotopic (exact) mass is 215 g/mol. The van der Waals surface area contributed by atoms with Gasteiger partial charge >= 0.3 is 0 Å². The molecule has 0 aliphatic carbocycles. The first-order valence-electron chi connectivity index (χ1n) is 4.33. The lowest BCUT2D eigenvalue weighted by Crippen LogP contribution is -2.27. The normalized spacial score (nSPS) is 10.1. The quantitative estimate of drug-likeness (QED) is 0.820. The van der Waals surface area contributed by atoms with Crippen LogP contribution in [0.5, 0.6) is 0 Å². The van der Waals surface area contributed by atoms with E-state index in [0.29, 0.717) is 0 Å². The topological polar surface area (TPSA) is 38.3 Å². The Labute approximate surface area is 86.0 Å². The predicted molar refractivity (Wildman–Crippen MR) is 50.1 cm³/mol. The molecule has 1 aromatic rings. The van der Waals surface area contributed by atoms with Crippen LogP contribution >= 0.6 is 0 Å². The largest absolute Gasteiger partial charge is 0.375 e. The number of benzene rings is 1. The predicted octanol–water partition coefficient (Wildman–Crippen LogP) is 1.23. The zero-order valence-electron chi connectivity index (χ0n) is 8.22. The number of amides is 1. The van der Waals surface area contributed by atoms with Gasteiger partial charge in [-0.2, -0.15) is 0 Å². The molecule has 1 amide bonds. The second-order valence-corrected chi connectivity index (χ2v) is 2.91. The van der Waals surface area contributed by atoms with Gasteiger partial charge in [-0.15, -0.1) is 0 Å². The van der Waals surface area contributed by atoms with Gasteiger partial charge in [0.2, 0.25) is 5.91 Å². The van der Waals surface area contributed by atoms with Gasteiger partial charge in [0.25, 0.3) is 0 Å². The molecule has 0 spiro atoms. The Hall–Kier alpha value is -1.49. The zero-order chi connectivity index (χ0) is 11.3. The molecule has 5 heteroatoms. The van der Waals surface area contributed by atoms with Gasteiger partial charge < -0.3 is 10.1 Å². The first-order valence-corrected chi connectivity index (χ1v) is 4.33. The van der Waals surface area contributed by atoms with Crippen molar-refractivity contribution in [3.05, 3.63) is 35.4 Å². The maximum absolute atomic E-state index is 13.1. The van der Waals surface area contributed by atoms with E-state index >= 15 is 0 Å². The van der Waals surface area contributed by atoms with E-state index in [1.165, 1.54) is 13.2 Å². The third-order valence-corrected chi connectivity index (χ3v) is 1.80. The van der Waals surface area contributed by atoms with Crippen molar-refractivity contribution < 1.29 is 18.3 Å². The summed E-state index contributed by atoms with van der Waals surface area (Å²) in [6.07, 6.45) is 0. The van der Waals surface area contributed by atoms with E-state index in [2.05, 4.69) is 10.1 Å². The second-order valence-electron chi connectivity index (χ2n) is 2.91. The smallest absolute Gasteiger partial charge is 0.246 e. The Morgan fingerprint density at radius 2 is 2.00 bits per heavy atom. The molecule has 0 aromatic heterocycles. The third-order valence-electron chi connectivity index (χ3n) is 1.80. The van der Waals surface area contributed by atoms with E-state index in [9.17, 15) is 13.6 Å². The van der Waals surface area contributed by atoms with Gasteiger partial charge in [0.05, 0.1) is 0 Å². The van der Waals surface area contributed by atoms with Crippen molar-refractivity contribution in [2.45, 2.75) is 6.54 Å². The van der Waals surface area contributed by atoms with E-state index in [0.717, 1.165) is 12.1 Å². The molecule has 0 aliphatic heterocycles. The van der Waals surface area contributed by atoms with Crippen LogP contribution in [-0.4, -0.2) is 19.6 Å². The highest BCUT2D eigenvalue weighted by Crippen LogP contribution is 2.11. The molecule has 15 heavy (non-hydrogen) atoms. The molecule has 0 heterocycles. The van der Waals surface area contributed by atoms with Gasteiger partial charge in [0.1, 0.15) is 18.2 Å². The zero-order valence-corrected chi connectivity index (χ0v) is 8.22. The fraction of sp³-hybridized carbons (Fsp3) is 0.300. The molecule has 0 fully saturated rings. The summed E-state index contributed by atoms with van der Waals surface area (Å²) in [5, 5.41) is 2.34. The van der Waals surface area contributed by atoms with E-state index in [4.69, 9.17) is 0 Å². The average Bonchev–Trinajstić information content (AvgIpc) is 2.17. The van der Waals surface area contributed by atoms with Crippen LogP contribution in [0.4, 0.5) is 8.78 Å². The Morgan fingerprint density at radius 3 is 2.53 bits per heavy atom. The van der Waals surface area contributed by atoms with Crippen LogP contribution in [0, 0.1) is 11.6 Å². The molecule has 0 radical (unpaired) electrons. The second kappa shape index (κ2) is 5.41. The van der Waals surface area contributed by atoms with E-state index in [1.807, 2.05) is 0 Å². The minimum atomic E-state index is -0.673. The van der Waals surface area contributed by atoms with Crippen molar-refractivity contribution in [2.75, 3.05) is 13.7 Å². The Morgan fingerprint density at radius 1 is 1.40 bits per heavy atom. The van der Waals surface area contributed by atoms with Crippen LogP contribution in [0.15, 0.2) is 18.2 Å². The molecule has 0 saturated carbocycles. The van der Waals surface area contributed by atoms with Crippen molar-refractivity contribution in [3.63, 3.8) is 0 Å². The van der Waals surface area contributed by atoms with Gasteiger partial charge in [-0.25, -0.2) is 8.78 Å². The van der Waals surface area contributed by atoms with Crippen LogP contribution in [0.1, 0.15) is 5.56 Å². The van der Waals surface area contributed by atoms with Gasteiger partial charge in [-0.3, -0.25) is 4.79 Å². The standard InChI is InChI=1S/C10H11F2NO2/c1-15-6-10(14)13-5-7-8(11)3-2-4-9(7)12/h2-4H,5-6H2,1H3,(H,13,14). The van der Waals surface area contributed by atoms with E-state index < -0.39 is 17.5 Å². The molecule has 0 saturated heterocycles. The maximum atomic E-state index is 13.1. The van der Waals surface area contributed by atoms with Crippen molar-refractivity contribution in [1.29, 1.82) is 0 Å². The van der Waals surface area contributed by atoms with Gasteiger partial charge in [0, 0.05) is 19.2 Å². The number of hydrogen-bond acceptors (Lipinski definition) is 2. The molecular formula is C10H11F2NO2. The minimum Gasteiger partial charge on any atom is -0.375 e. The fourth-order valence-corrected chi connectivity index (χ4v) is 1.07. The number of ether oxygens (including phenoxy) is 1. The third kappa shape index (κ3) is 3.28. The van der Waals surface area contributed by atoms with Crippen LogP contribution < -0.4 is 5.32 Å². The lowest BCUT2D eigenvalue weighted by atomic mass is 10.2. The highest BCUT2D eigenvalue weighted by molar-refractivity contribution is 5.77. The molecule has 0 unspecified atom stereocenters. The molecule has 0 aliphatic rings. The first kappa shape index (κ1) is 11.6. The highest BCUT2D eigenvalue weighted by atomic mass is 19.1. The molecule has 1 aromatic carbocycles. The molecule has 3 nitrogen and oxygen atoms in total. The number of halogens is 2. The molecule has 0 atom stereocenters. The lowest BCUT2D eigenvalue weighted by Gasteiger charge is -2.06. The van der Waals surface area contributed by atoms with E-state index in [1.54, 1.807) is 0 Å². The Kier molecular flexibility index (Phi) is 4.17. The molecule has 82 valence electrons. The summed E-state index contributed by atoms with van der Waals surface area (Å²) in [6, 6.07) is 3.55. The summed E-state index contributed by atoms with van der Waals surface area (Å²) in [4.78, 5) is 11.0. The number of methoxy groups -OCH3 is 1. The molecule has 1 N–H and O–H groups in total. The van der Waals surface area contributed by atoms with Gasteiger partial charge in [0.15, 0.2) is 0 Å². The Balaban J connectivity index is 2.61. The first-order chi connectivity index (χ1) is 7.15. The number of rotatable bonds is 4. The lowest BCUT2D eigenvalue weighted by molar-refractivity contribution is -0.124. The fourth-order valence-electron chi connectivity index (χ4n) is 1.07. The van der Waals surface area contributed by atoms with Crippen molar-refractivity contribution in [3.8, 4) is 0 Å². The van der Waals surface area contributed by atoms with Crippen molar-refractivity contribution in [2.24, 2.45) is 0 Å². The van der Waals surface area contributed by atoms with Gasteiger partial charge in [-0.05, 0) is 12.1 Å². The molecule has 1 rings (SSSR count). The Bertz CT molecular complexity index is 335. The van der Waals surface area contributed by atoms with Crippen molar-refractivity contribution in [1.82, 2.24) is 5.32 Å². The number of carbonyl (C=O) groups excluding carboxylic acids is 1. The van der Waals surface area contributed by atoms with Gasteiger partial charge in [-0.1, -0.05) is 6.07 Å². The summed E-state index contributed by atoms with van der Waals surface area (Å²) in [6.45, 7) is -0.309. The average molecular weight is 215 g/mol. The van der Waals surface area contributed by atoms with Crippen LogP contribution in [-0.2, 0) is 16.1 Å². The summed E-state index contributed by atoms with van der Waals surface area (Å²) in [7, 11) is 1.36. The van der Waals surface area contributed by atoms with Crippen LogP contribution in [0.3, 0.4) is 0 Å². The minimum absolute atomic E-state index is 0.129.